The maximum absolute atomic E-state index is 14.1. The number of carbonyl (C=O) groups is 1. The second-order valence-electron chi connectivity index (χ2n) is 8.87. The van der Waals surface area contributed by atoms with Crippen molar-refractivity contribution in [3.05, 3.63) is 71.3 Å². The number of alkyl halides is 3. The number of rotatable bonds is 7. The first kappa shape index (κ1) is 23.7. The molecule has 1 aliphatic carbocycles. The molecule has 0 radical (unpaired) electrons. The molecule has 0 aliphatic heterocycles. The van der Waals surface area contributed by atoms with E-state index in [0.717, 1.165) is 25.0 Å². The number of nitrogens with zero attached hydrogens (tertiary/aromatic N) is 4. The topological polar surface area (TPSA) is 92.9 Å². The maximum Gasteiger partial charge on any atom is 0.416 e. The molecule has 2 heterocycles. The van der Waals surface area contributed by atoms with Crippen molar-refractivity contribution in [2.75, 3.05) is 5.32 Å². The van der Waals surface area contributed by atoms with Gasteiger partial charge in [0.15, 0.2) is 11.5 Å². The van der Waals surface area contributed by atoms with Gasteiger partial charge in [-0.1, -0.05) is 24.3 Å². The van der Waals surface area contributed by atoms with E-state index >= 15 is 0 Å². The molecule has 4 aromatic rings. The summed E-state index contributed by atoms with van der Waals surface area (Å²) >= 11 is 0. The van der Waals surface area contributed by atoms with Gasteiger partial charge in [0.2, 0.25) is 5.82 Å². The van der Waals surface area contributed by atoms with E-state index in [1.54, 1.807) is 10.6 Å². The largest absolute Gasteiger partial charge is 0.475 e. The molecule has 36 heavy (non-hydrogen) atoms. The molecule has 2 aromatic heterocycles. The minimum Gasteiger partial charge on any atom is -0.475 e. The molecule has 1 fully saturated rings. The van der Waals surface area contributed by atoms with Crippen molar-refractivity contribution in [2.24, 2.45) is 5.92 Å². The average molecular weight is 499 g/mol. The van der Waals surface area contributed by atoms with Gasteiger partial charge < -0.3 is 15.0 Å². The molecule has 11 heteroatoms. The lowest BCUT2D eigenvalue weighted by molar-refractivity contribution is -0.137. The first-order valence-corrected chi connectivity index (χ1v) is 11.3. The number of imidazole rings is 1. The van der Waals surface area contributed by atoms with Gasteiger partial charge in [0.25, 0.3) is 0 Å². The molecule has 1 saturated carbocycles. The molecule has 0 spiro atoms. The number of benzene rings is 2. The van der Waals surface area contributed by atoms with Crippen LogP contribution in [0.2, 0.25) is 0 Å². The Bertz CT molecular complexity index is 1450. The molecule has 7 nitrogen and oxygen atoms in total. The SMILES string of the molecule is C[C@@H](Nc1nc(C(=O)O)nc2nc(-c3cccc(F)c3)n(Cc3ccc(C(F)(F)F)cc3)c12)C1CC1. The number of nitrogens with one attached hydrogen (secondary N) is 1. The van der Waals surface area contributed by atoms with Gasteiger partial charge in [0, 0.05) is 18.2 Å². The van der Waals surface area contributed by atoms with Crippen LogP contribution >= 0.6 is 0 Å². The van der Waals surface area contributed by atoms with Crippen LogP contribution in [0.5, 0.6) is 0 Å². The first-order chi connectivity index (χ1) is 17.1. The van der Waals surface area contributed by atoms with E-state index in [-0.39, 0.29) is 29.9 Å². The molecule has 2 aromatic carbocycles. The normalized spacial score (nSPS) is 14.7. The number of carboxylic acid groups (broad SMARTS) is 1. The maximum atomic E-state index is 14.1. The van der Waals surface area contributed by atoms with Gasteiger partial charge in [-0.3, -0.25) is 0 Å². The number of aromatic carboxylic acids is 1. The number of aromatic nitrogens is 4. The van der Waals surface area contributed by atoms with Gasteiger partial charge in [-0.15, -0.1) is 0 Å². The first-order valence-electron chi connectivity index (χ1n) is 11.3. The summed E-state index contributed by atoms with van der Waals surface area (Å²) in [6, 6.07) is 10.4. The van der Waals surface area contributed by atoms with E-state index < -0.39 is 29.4 Å². The van der Waals surface area contributed by atoms with Crippen molar-refractivity contribution < 1.29 is 27.5 Å². The Hall–Kier alpha value is -4.02. The Morgan fingerprint density at radius 3 is 2.47 bits per heavy atom. The van der Waals surface area contributed by atoms with Crippen molar-refractivity contribution in [1.29, 1.82) is 0 Å². The summed E-state index contributed by atoms with van der Waals surface area (Å²) in [5.41, 5.74) is 0.620. The zero-order valence-corrected chi connectivity index (χ0v) is 19.1. The Morgan fingerprint density at radius 2 is 1.86 bits per heavy atom. The van der Waals surface area contributed by atoms with Gasteiger partial charge >= 0.3 is 12.1 Å². The number of hydrogen-bond acceptors (Lipinski definition) is 5. The second kappa shape index (κ2) is 8.89. The number of fused-ring (bicyclic) bond motifs is 1. The van der Waals surface area contributed by atoms with E-state index in [1.807, 2.05) is 6.92 Å². The molecule has 0 bridgehead atoms. The highest BCUT2D eigenvalue weighted by Crippen LogP contribution is 2.36. The standard InChI is InChI=1S/C25H21F4N5O2/c1-13(15-7-8-15)30-20-19-21(32-22(31-20)24(35)36)33-23(16-3-2-4-18(26)11-16)34(19)12-14-5-9-17(10-6-14)25(27,28)29/h2-6,9-11,13,15H,7-8,12H2,1H3,(H,35,36)(H,30,31,32)/t13-/m1/s1. The highest BCUT2D eigenvalue weighted by Gasteiger charge is 2.31. The average Bonchev–Trinajstić information content (AvgIpc) is 3.61. The van der Waals surface area contributed by atoms with E-state index in [9.17, 15) is 27.5 Å². The highest BCUT2D eigenvalue weighted by molar-refractivity contribution is 5.92. The molecule has 1 atom stereocenters. The third kappa shape index (κ3) is 4.73. The summed E-state index contributed by atoms with van der Waals surface area (Å²) in [5, 5.41) is 12.8. The van der Waals surface area contributed by atoms with Crippen LogP contribution < -0.4 is 5.32 Å². The lowest BCUT2D eigenvalue weighted by Crippen LogP contribution is -2.20. The molecule has 0 amide bonds. The minimum absolute atomic E-state index is 0.00298. The zero-order valence-electron chi connectivity index (χ0n) is 19.1. The molecule has 186 valence electrons. The molecular formula is C25H21F4N5O2. The monoisotopic (exact) mass is 499 g/mol. The highest BCUT2D eigenvalue weighted by atomic mass is 19.4. The van der Waals surface area contributed by atoms with Gasteiger partial charge in [0.1, 0.15) is 17.2 Å². The fraction of sp³-hybridized carbons (Fsp3) is 0.280. The van der Waals surface area contributed by atoms with Crippen molar-refractivity contribution >= 4 is 23.0 Å². The van der Waals surface area contributed by atoms with Crippen LogP contribution in [0.4, 0.5) is 23.4 Å². The summed E-state index contributed by atoms with van der Waals surface area (Å²) < 4.78 is 54.9. The summed E-state index contributed by atoms with van der Waals surface area (Å²) in [5.74, 6) is -1.33. The third-order valence-electron chi connectivity index (χ3n) is 6.19. The van der Waals surface area contributed by atoms with Crippen LogP contribution in [0.15, 0.2) is 48.5 Å². The van der Waals surface area contributed by atoms with E-state index in [4.69, 9.17) is 0 Å². The van der Waals surface area contributed by atoms with Crippen LogP contribution in [-0.2, 0) is 12.7 Å². The Labute approximate surface area is 202 Å². The quantitative estimate of drug-likeness (QED) is 0.321. The molecule has 1 aliphatic rings. The van der Waals surface area contributed by atoms with Gasteiger partial charge in [0.05, 0.1) is 5.56 Å². The predicted molar refractivity (Wildman–Crippen MR) is 124 cm³/mol. The lowest BCUT2D eigenvalue weighted by atomic mass is 10.1. The summed E-state index contributed by atoms with van der Waals surface area (Å²) in [7, 11) is 0. The van der Waals surface area contributed by atoms with Crippen LogP contribution in [0.25, 0.3) is 22.6 Å². The fourth-order valence-electron chi connectivity index (χ4n) is 4.15. The molecule has 2 N–H and O–H groups in total. The second-order valence-corrected chi connectivity index (χ2v) is 8.87. The molecule has 0 saturated heterocycles. The van der Waals surface area contributed by atoms with Gasteiger partial charge in [-0.05, 0) is 55.5 Å². The molecule has 0 unspecified atom stereocenters. The van der Waals surface area contributed by atoms with Gasteiger partial charge in [-0.25, -0.2) is 24.1 Å². The van der Waals surface area contributed by atoms with Crippen molar-refractivity contribution in [3.8, 4) is 11.4 Å². The number of halogens is 4. The zero-order chi connectivity index (χ0) is 25.6. The van der Waals surface area contributed by atoms with E-state index in [1.165, 1.54) is 30.3 Å². The lowest BCUT2D eigenvalue weighted by Gasteiger charge is -2.17. The minimum atomic E-state index is -4.47. The summed E-state index contributed by atoms with van der Waals surface area (Å²) in [6.45, 7) is 2.04. The van der Waals surface area contributed by atoms with E-state index in [2.05, 4.69) is 20.3 Å². The van der Waals surface area contributed by atoms with Crippen LogP contribution in [0.3, 0.4) is 0 Å². The summed E-state index contributed by atoms with van der Waals surface area (Å²) in [6.07, 6.45) is -2.40. The number of hydrogen-bond donors (Lipinski definition) is 2. The van der Waals surface area contributed by atoms with Crippen molar-refractivity contribution in [3.63, 3.8) is 0 Å². The summed E-state index contributed by atoms with van der Waals surface area (Å²) in [4.78, 5) is 24.5. The number of carboxylic acids is 1. The Kier molecular flexibility index (Phi) is 5.85. The fourth-order valence-corrected chi connectivity index (χ4v) is 4.15. The van der Waals surface area contributed by atoms with Crippen LogP contribution in [-0.4, -0.2) is 36.6 Å². The van der Waals surface area contributed by atoms with E-state index in [0.29, 0.717) is 22.6 Å². The Morgan fingerprint density at radius 1 is 1.14 bits per heavy atom. The molecule has 5 rings (SSSR count). The smallest absolute Gasteiger partial charge is 0.416 e. The van der Waals surface area contributed by atoms with Crippen molar-refractivity contribution in [2.45, 2.75) is 38.5 Å². The van der Waals surface area contributed by atoms with Crippen molar-refractivity contribution in [1.82, 2.24) is 19.5 Å². The van der Waals surface area contributed by atoms with Crippen LogP contribution in [0.1, 0.15) is 41.5 Å². The Balaban J connectivity index is 1.69. The third-order valence-corrected chi connectivity index (χ3v) is 6.19. The molecular weight excluding hydrogens is 478 g/mol. The number of anilines is 1. The predicted octanol–water partition coefficient (Wildman–Crippen LogP) is 5.61. The van der Waals surface area contributed by atoms with Gasteiger partial charge in [-0.2, -0.15) is 13.2 Å². The van der Waals surface area contributed by atoms with Crippen LogP contribution in [0, 0.1) is 11.7 Å².